The van der Waals surface area contributed by atoms with Crippen molar-refractivity contribution in [1.29, 1.82) is 0 Å². The van der Waals surface area contributed by atoms with Crippen molar-refractivity contribution < 1.29 is 19.0 Å². The fourth-order valence-electron chi connectivity index (χ4n) is 3.11. The van der Waals surface area contributed by atoms with Gasteiger partial charge in [-0.1, -0.05) is 6.07 Å². The van der Waals surface area contributed by atoms with Crippen LogP contribution in [0.3, 0.4) is 0 Å². The molecule has 128 valence electrons. The van der Waals surface area contributed by atoms with Crippen molar-refractivity contribution in [3.8, 4) is 11.5 Å². The summed E-state index contributed by atoms with van der Waals surface area (Å²) in [6.07, 6.45) is 2.08. The van der Waals surface area contributed by atoms with Crippen LogP contribution in [0.4, 0.5) is 0 Å². The van der Waals surface area contributed by atoms with Crippen LogP contribution in [0.25, 0.3) is 0 Å². The van der Waals surface area contributed by atoms with Gasteiger partial charge in [0.2, 0.25) is 12.7 Å². The van der Waals surface area contributed by atoms with Crippen LogP contribution in [0.5, 0.6) is 11.5 Å². The van der Waals surface area contributed by atoms with Crippen molar-refractivity contribution in [2.75, 3.05) is 27.0 Å². The van der Waals surface area contributed by atoms with E-state index in [1.54, 1.807) is 7.11 Å². The Bertz CT molecular complexity index is 551. The lowest BCUT2D eigenvalue weighted by molar-refractivity contribution is -0.134. The van der Waals surface area contributed by atoms with E-state index in [0.29, 0.717) is 13.0 Å². The highest BCUT2D eigenvalue weighted by atomic mass is 35.5. The minimum Gasteiger partial charge on any atom is -0.454 e. The first-order chi connectivity index (χ1) is 10.7. The van der Waals surface area contributed by atoms with Crippen molar-refractivity contribution in [3.05, 3.63) is 23.8 Å². The number of hydrogen-bond acceptors (Lipinski definition) is 5. The Labute approximate surface area is 142 Å². The Morgan fingerprint density at radius 3 is 2.96 bits per heavy atom. The summed E-state index contributed by atoms with van der Waals surface area (Å²) >= 11 is 0. The molecule has 0 bridgehead atoms. The molecule has 1 aromatic carbocycles. The molecule has 7 heteroatoms. The van der Waals surface area contributed by atoms with Gasteiger partial charge in [-0.25, -0.2) is 0 Å². The van der Waals surface area contributed by atoms with Crippen molar-refractivity contribution in [2.24, 2.45) is 5.73 Å². The molecular formula is C16H23ClN2O4. The van der Waals surface area contributed by atoms with Gasteiger partial charge in [-0.15, -0.1) is 12.4 Å². The molecular weight excluding hydrogens is 320 g/mol. The minimum atomic E-state index is -0.217. The summed E-state index contributed by atoms with van der Waals surface area (Å²) in [6, 6.07) is 6.00. The van der Waals surface area contributed by atoms with Gasteiger partial charge in [-0.3, -0.25) is 4.79 Å². The lowest BCUT2D eigenvalue weighted by Crippen LogP contribution is -2.35. The van der Waals surface area contributed by atoms with Gasteiger partial charge in [0, 0.05) is 20.2 Å². The number of benzene rings is 1. The van der Waals surface area contributed by atoms with E-state index >= 15 is 0 Å². The van der Waals surface area contributed by atoms with Gasteiger partial charge >= 0.3 is 0 Å². The second kappa shape index (κ2) is 7.86. The number of nitrogens with zero attached hydrogens (tertiary/aromatic N) is 1. The molecule has 6 nitrogen and oxygen atoms in total. The molecule has 0 radical (unpaired) electrons. The smallest absolute Gasteiger partial charge is 0.231 e. The number of rotatable bonds is 5. The monoisotopic (exact) mass is 342 g/mol. The molecule has 2 atom stereocenters. The van der Waals surface area contributed by atoms with Crippen molar-refractivity contribution >= 4 is 18.3 Å². The SMILES string of the molecule is COC(CN)CC(=O)N1CCCC1c1ccc2c(c1)OCO2.Cl. The van der Waals surface area contributed by atoms with E-state index in [0.717, 1.165) is 36.4 Å². The number of ether oxygens (including phenoxy) is 3. The Morgan fingerprint density at radius 2 is 2.22 bits per heavy atom. The molecule has 2 N–H and O–H groups in total. The lowest BCUT2D eigenvalue weighted by atomic mass is 10.0. The molecule has 2 heterocycles. The van der Waals surface area contributed by atoms with E-state index in [-0.39, 0.29) is 37.3 Å². The van der Waals surface area contributed by atoms with Gasteiger partial charge in [-0.05, 0) is 30.5 Å². The molecule has 1 amide bonds. The van der Waals surface area contributed by atoms with Crippen molar-refractivity contribution in [3.63, 3.8) is 0 Å². The molecule has 3 rings (SSSR count). The molecule has 1 saturated heterocycles. The van der Waals surface area contributed by atoms with Crippen LogP contribution >= 0.6 is 12.4 Å². The van der Waals surface area contributed by atoms with Crippen LogP contribution in [-0.2, 0) is 9.53 Å². The maximum absolute atomic E-state index is 12.5. The summed E-state index contributed by atoms with van der Waals surface area (Å²) in [7, 11) is 1.59. The first-order valence-electron chi connectivity index (χ1n) is 7.64. The van der Waals surface area contributed by atoms with Crippen LogP contribution < -0.4 is 15.2 Å². The van der Waals surface area contributed by atoms with Crippen molar-refractivity contribution in [1.82, 2.24) is 4.90 Å². The van der Waals surface area contributed by atoms with Gasteiger partial charge in [0.05, 0.1) is 18.6 Å². The number of amides is 1. The van der Waals surface area contributed by atoms with Gasteiger partial charge in [0.15, 0.2) is 11.5 Å². The average molecular weight is 343 g/mol. The van der Waals surface area contributed by atoms with E-state index in [4.69, 9.17) is 19.9 Å². The number of hydrogen-bond donors (Lipinski definition) is 1. The van der Waals surface area contributed by atoms with E-state index in [9.17, 15) is 4.79 Å². The molecule has 2 aliphatic heterocycles. The second-order valence-electron chi connectivity index (χ2n) is 5.66. The molecule has 0 saturated carbocycles. The number of methoxy groups -OCH3 is 1. The summed E-state index contributed by atoms with van der Waals surface area (Å²) < 4.78 is 16.0. The minimum absolute atomic E-state index is 0. The predicted molar refractivity (Wildman–Crippen MR) is 88.0 cm³/mol. The first kappa shape index (κ1) is 17.8. The molecule has 1 fully saturated rings. The lowest BCUT2D eigenvalue weighted by Gasteiger charge is -2.26. The highest BCUT2D eigenvalue weighted by molar-refractivity contribution is 5.85. The van der Waals surface area contributed by atoms with Crippen LogP contribution in [0.2, 0.25) is 0 Å². The first-order valence-corrected chi connectivity index (χ1v) is 7.64. The zero-order chi connectivity index (χ0) is 15.5. The normalized spacial score (nSPS) is 20.3. The molecule has 0 aliphatic carbocycles. The zero-order valence-corrected chi connectivity index (χ0v) is 14.0. The summed E-state index contributed by atoms with van der Waals surface area (Å²) in [5, 5.41) is 0. The Kier molecular flexibility index (Phi) is 6.10. The van der Waals surface area contributed by atoms with E-state index in [1.165, 1.54) is 0 Å². The highest BCUT2D eigenvalue weighted by Gasteiger charge is 2.31. The summed E-state index contributed by atoms with van der Waals surface area (Å²) in [4.78, 5) is 14.5. The molecule has 2 aliphatic rings. The van der Waals surface area contributed by atoms with Crippen molar-refractivity contribution in [2.45, 2.75) is 31.4 Å². The average Bonchev–Trinajstić information content (AvgIpc) is 3.19. The third-order valence-electron chi connectivity index (χ3n) is 4.35. The molecule has 1 aromatic rings. The third-order valence-corrected chi connectivity index (χ3v) is 4.35. The number of fused-ring (bicyclic) bond motifs is 1. The van der Waals surface area contributed by atoms with Gasteiger partial charge < -0.3 is 24.8 Å². The Hall–Kier alpha value is -1.50. The van der Waals surface area contributed by atoms with E-state index in [2.05, 4.69) is 0 Å². The van der Waals surface area contributed by atoms with Crippen LogP contribution in [0, 0.1) is 0 Å². The zero-order valence-electron chi connectivity index (χ0n) is 13.2. The van der Waals surface area contributed by atoms with Gasteiger partial charge in [-0.2, -0.15) is 0 Å². The Morgan fingerprint density at radius 1 is 1.43 bits per heavy atom. The topological polar surface area (TPSA) is 74.0 Å². The molecule has 0 aromatic heterocycles. The number of likely N-dealkylation sites (tertiary alicyclic amines) is 1. The number of halogens is 1. The quantitative estimate of drug-likeness (QED) is 0.884. The fourth-order valence-corrected chi connectivity index (χ4v) is 3.11. The number of nitrogens with two attached hydrogens (primary N) is 1. The maximum Gasteiger partial charge on any atom is 0.231 e. The standard InChI is InChI=1S/C16H22N2O4.ClH/c1-20-12(9-17)8-16(19)18-6-2-3-13(18)11-4-5-14-15(7-11)22-10-21-14;/h4-5,7,12-13H,2-3,6,8-10,17H2,1H3;1H. The van der Waals surface area contributed by atoms with Gasteiger partial charge in [0.1, 0.15) is 0 Å². The van der Waals surface area contributed by atoms with Crippen LogP contribution in [-0.4, -0.2) is 43.9 Å². The van der Waals surface area contributed by atoms with E-state index in [1.807, 2.05) is 23.1 Å². The maximum atomic E-state index is 12.5. The van der Waals surface area contributed by atoms with Crippen LogP contribution in [0.1, 0.15) is 30.9 Å². The number of carbonyl (C=O) groups excluding carboxylic acids is 1. The predicted octanol–water partition coefficient (Wildman–Crippen LogP) is 1.86. The van der Waals surface area contributed by atoms with E-state index < -0.39 is 0 Å². The van der Waals surface area contributed by atoms with Gasteiger partial charge in [0.25, 0.3) is 0 Å². The largest absolute Gasteiger partial charge is 0.454 e. The highest BCUT2D eigenvalue weighted by Crippen LogP contribution is 2.39. The summed E-state index contributed by atoms with van der Waals surface area (Å²) in [5.74, 6) is 1.62. The molecule has 23 heavy (non-hydrogen) atoms. The number of carbonyl (C=O) groups is 1. The Balaban J connectivity index is 0.00000192. The van der Waals surface area contributed by atoms with Crippen LogP contribution in [0.15, 0.2) is 18.2 Å². The molecule has 0 spiro atoms. The molecule has 2 unspecified atom stereocenters. The summed E-state index contributed by atoms with van der Waals surface area (Å²) in [5.41, 5.74) is 6.71. The third kappa shape index (κ3) is 3.71. The second-order valence-corrected chi connectivity index (χ2v) is 5.66. The summed E-state index contributed by atoms with van der Waals surface area (Å²) in [6.45, 7) is 1.39. The fraction of sp³-hybridized carbons (Fsp3) is 0.562.